The van der Waals surface area contributed by atoms with Crippen LogP contribution in [0.25, 0.3) is 5.57 Å². The summed E-state index contributed by atoms with van der Waals surface area (Å²) in [6, 6.07) is 1.79. The molecule has 0 spiro atoms. The zero-order valence-electron chi connectivity index (χ0n) is 10.7. The number of nitrogens with zero attached hydrogens (tertiary/aromatic N) is 2. The van der Waals surface area contributed by atoms with Gasteiger partial charge in [0, 0.05) is 19.2 Å². The van der Waals surface area contributed by atoms with Crippen LogP contribution in [0, 0.1) is 0 Å². The summed E-state index contributed by atoms with van der Waals surface area (Å²) in [6.45, 7) is 0.521. The van der Waals surface area contributed by atoms with Gasteiger partial charge in [-0.2, -0.15) is 4.99 Å². The number of nitrogens with two attached hydrogens (primary N) is 1. The summed E-state index contributed by atoms with van der Waals surface area (Å²) in [5, 5.41) is 2.78. The fourth-order valence-corrected chi connectivity index (χ4v) is 2.80. The normalized spacial score (nSPS) is 22.5. The third-order valence-corrected chi connectivity index (χ3v) is 3.79. The van der Waals surface area contributed by atoms with E-state index in [1.165, 1.54) is 0 Å². The summed E-state index contributed by atoms with van der Waals surface area (Å²) in [7, 11) is 1.73. The third kappa shape index (κ3) is 1.92. The van der Waals surface area contributed by atoms with Crippen molar-refractivity contribution in [3.05, 3.63) is 27.6 Å². The maximum Gasteiger partial charge on any atom is 0.296 e. The van der Waals surface area contributed by atoms with Crippen molar-refractivity contribution in [1.82, 2.24) is 15.2 Å². The van der Waals surface area contributed by atoms with Gasteiger partial charge in [-0.25, -0.2) is 0 Å². The summed E-state index contributed by atoms with van der Waals surface area (Å²) < 4.78 is 0.684. The molecule has 20 heavy (non-hydrogen) atoms. The molecule has 4 N–H and O–H groups in total. The molecule has 0 saturated carbocycles. The number of fused-ring (bicyclic) bond motifs is 1. The van der Waals surface area contributed by atoms with E-state index in [1.807, 2.05) is 0 Å². The number of guanidine groups is 1. The van der Waals surface area contributed by atoms with Crippen molar-refractivity contribution in [3.63, 3.8) is 0 Å². The lowest BCUT2D eigenvalue weighted by Crippen LogP contribution is -2.27. The van der Waals surface area contributed by atoms with Crippen LogP contribution in [0.3, 0.4) is 0 Å². The second-order valence-electron chi connectivity index (χ2n) is 4.66. The Morgan fingerprint density at radius 3 is 2.85 bits per heavy atom. The van der Waals surface area contributed by atoms with Gasteiger partial charge in [0.2, 0.25) is 5.96 Å². The molecule has 0 bridgehead atoms. The summed E-state index contributed by atoms with van der Waals surface area (Å²) in [6.07, 6.45) is 0.552. The quantitative estimate of drug-likeness (QED) is 0.596. The highest BCUT2D eigenvalue weighted by atomic mass is 79.9. The summed E-state index contributed by atoms with van der Waals surface area (Å²) in [5.41, 5.74) is 7.78. The van der Waals surface area contributed by atoms with Crippen LogP contribution in [0.2, 0.25) is 0 Å². The lowest BCUT2D eigenvalue weighted by atomic mass is 10.0. The minimum absolute atomic E-state index is 0.0811. The average Bonchev–Trinajstić information content (AvgIpc) is 2.89. The van der Waals surface area contributed by atoms with Crippen molar-refractivity contribution in [3.8, 4) is 0 Å². The Kier molecular flexibility index (Phi) is 2.89. The van der Waals surface area contributed by atoms with Crippen molar-refractivity contribution in [2.24, 2.45) is 10.7 Å². The monoisotopic (exact) mass is 337 g/mol. The number of carbonyl (C=O) groups excluding carboxylic acids is 2. The Balaban J connectivity index is 2.18. The molecule has 0 radical (unpaired) electrons. The second-order valence-corrected chi connectivity index (χ2v) is 5.52. The molecule has 0 unspecified atom stereocenters. The maximum atomic E-state index is 12.2. The van der Waals surface area contributed by atoms with Crippen molar-refractivity contribution >= 4 is 39.3 Å². The van der Waals surface area contributed by atoms with Gasteiger partial charge in [-0.3, -0.25) is 9.59 Å². The molecular formula is C12H12BrN5O2. The number of amides is 2. The Bertz CT molecular complexity index is 688. The first-order valence-corrected chi connectivity index (χ1v) is 6.79. The highest BCUT2D eigenvalue weighted by Crippen LogP contribution is 2.32. The van der Waals surface area contributed by atoms with Crippen molar-refractivity contribution < 1.29 is 9.59 Å². The van der Waals surface area contributed by atoms with E-state index < -0.39 is 5.91 Å². The molecule has 0 fully saturated rings. The number of aromatic nitrogens is 1. The Morgan fingerprint density at radius 2 is 2.20 bits per heavy atom. The van der Waals surface area contributed by atoms with E-state index in [-0.39, 0.29) is 11.9 Å². The zero-order valence-corrected chi connectivity index (χ0v) is 12.2. The standard InChI is InChI=1S/C12H12BrN5O2/c1-18-3-2-5(8-10(19)17-12(14)16-8)6-4-7(13)15-9(6)11(18)20/h4,15H,2-3H2,1H3,(H3,14,16,17,19)/b8-5-. The van der Waals surface area contributed by atoms with Crippen molar-refractivity contribution in [2.75, 3.05) is 13.6 Å². The van der Waals surface area contributed by atoms with E-state index in [0.717, 1.165) is 5.57 Å². The third-order valence-electron chi connectivity index (χ3n) is 3.36. The van der Waals surface area contributed by atoms with Gasteiger partial charge in [0.05, 0.1) is 4.60 Å². The predicted molar refractivity (Wildman–Crippen MR) is 76.8 cm³/mol. The molecule has 0 aliphatic carbocycles. The molecule has 1 aromatic heterocycles. The SMILES string of the molecule is CN1CC/C(=C2/NC(N)=NC2=O)c2cc(Br)[nH]c2C1=O. The molecule has 0 atom stereocenters. The first kappa shape index (κ1) is 12.9. The van der Waals surface area contributed by atoms with Crippen LogP contribution in [0.1, 0.15) is 22.5 Å². The molecule has 1 aromatic rings. The average molecular weight is 338 g/mol. The van der Waals surface area contributed by atoms with E-state index in [1.54, 1.807) is 18.0 Å². The fourth-order valence-electron chi connectivity index (χ4n) is 2.37. The molecule has 3 heterocycles. The van der Waals surface area contributed by atoms with Crippen molar-refractivity contribution in [1.29, 1.82) is 0 Å². The Hall–Kier alpha value is -2.09. The number of aromatic amines is 1. The van der Waals surface area contributed by atoms with Gasteiger partial charge in [0.1, 0.15) is 11.4 Å². The maximum absolute atomic E-state index is 12.2. The molecule has 2 amide bonds. The summed E-state index contributed by atoms with van der Waals surface area (Å²) in [4.78, 5) is 32.4. The Labute approximate surface area is 123 Å². The smallest absolute Gasteiger partial charge is 0.296 e. The molecule has 2 aliphatic rings. The number of carbonyl (C=O) groups is 2. The topological polar surface area (TPSA) is 104 Å². The van der Waals surface area contributed by atoms with E-state index in [0.29, 0.717) is 34.5 Å². The van der Waals surface area contributed by atoms with Gasteiger partial charge in [-0.15, -0.1) is 0 Å². The van der Waals surface area contributed by atoms with Crippen LogP contribution >= 0.6 is 15.9 Å². The molecule has 7 nitrogen and oxygen atoms in total. The van der Waals surface area contributed by atoms with E-state index in [2.05, 4.69) is 31.2 Å². The van der Waals surface area contributed by atoms with Crippen LogP contribution in [0.5, 0.6) is 0 Å². The van der Waals surface area contributed by atoms with E-state index >= 15 is 0 Å². The fraction of sp³-hybridized carbons (Fsp3) is 0.250. The van der Waals surface area contributed by atoms with Gasteiger partial charge < -0.3 is 20.9 Å². The van der Waals surface area contributed by atoms with Crippen LogP contribution in [-0.2, 0) is 4.79 Å². The molecule has 3 rings (SSSR count). The number of aliphatic imine (C=N–C) groups is 1. The van der Waals surface area contributed by atoms with Crippen LogP contribution in [-0.4, -0.2) is 41.3 Å². The molecular weight excluding hydrogens is 326 g/mol. The minimum Gasteiger partial charge on any atom is -0.369 e. The van der Waals surface area contributed by atoms with E-state index in [9.17, 15) is 9.59 Å². The lowest BCUT2D eigenvalue weighted by Gasteiger charge is -2.13. The predicted octanol–water partition coefficient (Wildman–Crippen LogP) is 0.409. The van der Waals surface area contributed by atoms with Gasteiger partial charge in [-0.1, -0.05) is 0 Å². The highest BCUT2D eigenvalue weighted by molar-refractivity contribution is 9.10. The highest BCUT2D eigenvalue weighted by Gasteiger charge is 2.30. The molecule has 0 saturated heterocycles. The summed E-state index contributed by atoms with van der Waals surface area (Å²) >= 11 is 3.32. The summed E-state index contributed by atoms with van der Waals surface area (Å²) in [5.74, 6) is -0.434. The van der Waals surface area contributed by atoms with Gasteiger partial charge in [0.15, 0.2) is 0 Å². The molecule has 8 heteroatoms. The first-order chi connectivity index (χ1) is 9.47. The van der Waals surface area contributed by atoms with E-state index in [4.69, 9.17) is 5.73 Å². The first-order valence-electron chi connectivity index (χ1n) is 6.00. The van der Waals surface area contributed by atoms with Crippen LogP contribution in [0.4, 0.5) is 0 Å². The minimum atomic E-state index is -0.405. The number of H-pyrrole nitrogens is 1. The van der Waals surface area contributed by atoms with Gasteiger partial charge >= 0.3 is 0 Å². The van der Waals surface area contributed by atoms with Gasteiger partial charge in [0.25, 0.3) is 11.8 Å². The number of rotatable bonds is 0. The largest absolute Gasteiger partial charge is 0.369 e. The zero-order chi connectivity index (χ0) is 14.4. The number of hydrogen-bond acceptors (Lipinski definition) is 4. The Morgan fingerprint density at radius 1 is 1.45 bits per heavy atom. The number of hydrogen-bond donors (Lipinski definition) is 3. The second kappa shape index (κ2) is 4.48. The number of halogens is 1. The number of nitrogens with one attached hydrogen (secondary N) is 2. The van der Waals surface area contributed by atoms with Gasteiger partial charge in [-0.05, 0) is 34.0 Å². The lowest BCUT2D eigenvalue weighted by molar-refractivity contribution is -0.114. The molecule has 2 aliphatic heterocycles. The van der Waals surface area contributed by atoms with Crippen molar-refractivity contribution in [2.45, 2.75) is 6.42 Å². The van der Waals surface area contributed by atoms with Crippen LogP contribution < -0.4 is 11.1 Å². The molecule has 0 aromatic carbocycles. The molecule has 104 valence electrons. The van der Waals surface area contributed by atoms with Crippen LogP contribution in [0.15, 0.2) is 21.4 Å².